The van der Waals surface area contributed by atoms with Gasteiger partial charge in [-0.1, -0.05) is 6.07 Å². The zero-order valence-corrected chi connectivity index (χ0v) is 17.9. The smallest absolute Gasteiger partial charge is 0.251 e. The van der Waals surface area contributed by atoms with Gasteiger partial charge in [0.1, 0.15) is 10.6 Å². The fourth-order valence-electron chi connectivity index (χ4n) is 3.43. The van der Waals surface area contributed by atoms with Crippen LogP contribution in [0, 0.1) is 0 Å². The molecular formula is C21H23N5O4S. The van der Waals surface area contributed by atoms with E-state index in [1.807, 2.05) is 18.2 Å². The van der Waals surface area contributed by atoms with Crippen LogP contribution in [0.5, 0.6) is 5.75 Å². The minimum Gasteiger partial charge on any atom is -0.495 e. The van der Waals surface area contributed by atoms with Crippen molar-refractivity contribution in [3.05, 3.63) is 66.1 Å². The van der Waals surface area contributed by atoms with Gasteiger partial charge in [0.05, 0.1) is 7.11 Å². The standard InChI is InChI=1S/C21H23N5O4S/c1-30-18-7-6-17(13-19(18)31(28,29)25-10-2-3-11-25)21(27)23-15-16-5-8-20(22-14-16)26-12-4-9-24-26/h4-9,12-14H,2-3,10-11,15H2,1H3,(H,23,27). The number of carbonyl (C=O) groups excluding carboxylic acids is 1. The second kappa shape index (κ2) is 8.86. The fourth-order valence-corrected chi connectivity index (χ4v) is 5.13. The van der Waals surface area contributed by atoms with Crippen molar-refractivity contribution < 1.29 is 17.9 Å². The largest absolute Gasteiger partial charge is 0.495 e. The Bertz CT molecular complexity index is 1150. The van der Waals surface area contributed by atoms with E-state index in [1.54, 1.807) is 29.3 Å². The molecule has 0 saturated carbocycles. The summed E-state index contributed by atoms with van der Waals surface area (Å²) in [5.41, 5.74) is 1.06. The molecule has 1 amide bonds. The summed E-state index contributed by atoms with van der Waals surface area (Å²) in [6.07, 6.45) is 6.78. The Hall–Kier alpha value is -3.24. The molecule has 0 spiro atoms. The average molecular weight is 442 g/mol. The highest BCUT2D eigenvalue weighted by molar-refractivity contribution is 7.89. The minimum absolute atomic E-state index is 0.00907. The van der Waals surface area contributed by atoms with E-state index in [9.17, 15) is 13.2 Å². The molecule has 0 aliphatic carbocycles. The van der Waals surface area contributed by atoms with E-state index in [0.717, 1.165) is 18.4 Å². The zero-order chi connectivity index (χ0) is 21.8. The van der Waals surface area contributed by atoms with Crippen LogP contribution < -0.4 is 10.1 Å². The van der Waals surface area contributed by atoms with Crippen LogP contribution in [0.25, 0.3) is 5.82 Å². The number of pyridine rings is 1. The summed E-state index contributed by atoms with van der Waals surface area (Å²) < 4.78 is 34.3. The molecule has 1 aliphatic heterocycles. The quantitative estimate of drug-likeness (QED) is 0.601. The number of benzene rings is 1. The fraction of sp³-hybridized carbons (Fsp3) is 0.286. The number of amides is 1. The van der Waals surface area contributed by atoms with Gasteiger partial charge in [-0.2, -0.15) is 9.40 Å². The number of aromatic nitrogens is 3. The van der Waals surface area contributed by atoms with Crippen molar-refractivity contribution in [2.45, 2.75) is 24.3 Å². The van der Waals surface area contributed by atoms with Gasteiger partial charge in [-0.3, -0.25) is 4.79 Å². The first-order valence-electron chi connectivity index (χ1n) is 9.90. The van der Waals surface area contributed by atoms with Gasteiger partial charge in [-0.05, 0) is 48.7 Å². The molecule has 0 radical (unpaired) electrons. The van der Waals surface area contributed by atoms with Crippen LogP contribution in [0.3, 0.4) is 0 Å². The van der Waals surface area contributed by atoms with E-state index in [2.05, 4.69) is 15.4 Å². The highest BCUT2D eigenvalue weighted by Crippen LogP contribution is 2.29. The molecule has 0 atom stereocenters. The van der Waals surface area contributed by atoms with Gasteiger partial charge in [0.15, 0.2) is 5.82 Å². The van der Waals surface area contributed by atoms with E-state index in [1.165, 1.54) is 23.5 Å². The van der Waals surface area contributed by atoms with Gasteiger partial charge >= 0.3 is 0 Å². The van der Waals surface area contributed by atoms with E-state index in [-0.39, 0.29) is 28.7 Å². The second-order valence-electron chi connectivity index (χ2n) is 7.13. The minimum atomic E-state index is -3.72. The summed E-state index contributed by atoms with van der Waals surface area (Å²) >= 11 is 0. The summed E-state index contributed by atoms with van der Waals surface area (Å²) in [5, 5.41) is 6.93. The maximum absolute atomic E-state index is 13.0. The summed E-state index contributed by atoms with van der Waals surface area (Å²) in [4.78, 5) is 17.0. The first kappa shape index (κ1) is 21.0. The number of sulfonamides is 1. The van der Waals surface area contributed by atoms with Gasteiger partial charge < -0.3 is 10.1 Å². The number of carbonyl (C=O) groups is 1. The van der Waals surface area contributed by atoms with Crippen molar-refractivity contribution >= 4 is 15.9 Å². The van der Waals surface area contributed by atoms with Gasteiger partial charge in [0.2, 0.25) is 10.0 Å². The van der Waals surface area contributed by atoms with E-state index >= 15 is 0 Å². The Balaban J connectivity index is 1.48. The molecule has 1 aliphatic rings. The van der Waals surface area contributed by atoms with Crippen molar-refractivity contribution in [3.8, 4) is 11.6 Å². The third-order valence-corrected chi connectivity index (χ3v) is 7.03. The average Bonchev–Trinajstić information content (AvgIpc) is 3.52. The molecule has 1 aromatic carbocycles. The SMILES string of the molecule is COc1ccc(C(=O)NCc2ccc(-n3cccn3)nc2)cc1S(=O)(=O)N1CCCC1. The zero-order valence-electron chi connectivity index (χ0n) is 17.1. The lowest BCUT2D eigenvalue weighted by atomic mass is 10.2. The van der Waals surface area contributed by atoms with Crippen molar-refractivity contribution in [2.75, 3.05) is 20.2 Å². The Morgan fingerprint density at radius 1 is 1.19 bits per heavy atom. The molecule has 0 unspecified atom stereocenters. The number of hydrogen-bond donors (Lipinski definition) is 1. The van der Waals surface area contributed by atoms with Crippen LogP contribution in [0.4, 0.5) is 0 Å². The van der Waals surface area contributed by atoms with Gasteiger partial charge in [-0.25, -0.2) is 18.1 Å². The van der Waals surface area contributed by atoms with E-state index in [0.29, 0.717) is 18.9 Å². The van der Waals surface area contributed by atoms with Crippen LogP contribution >= 0.6 is 0 Å². The number of nitrogens with one attached hydrogen (secondary N) is 1. The molecule has 1 fully saturated rings. The van der Waals surface area contributed by atoms with Crippen LogP contribution in [0.2, 0.25) is 0 Å². The second-order valence-corrected chi connectivity index (χ2v) is 9.04. The van der Waals surface area contributed by atoms with Gasteiger partial charge in [0.25, 0.3) is 5.91 Å². The Kier molecular flexibility index (Phi) is 6.01. The number of methoxy groups -OCH3 is 1. The van der Waals surface area contributed by atoms with E-state index in [4.69, 9.17) is 4.74 Å². The monoisotopic (exact) mass is 441 g/mol. The Morgan fingerprint density at radius 2 is 2.00 bits per heavy atom. The molecule has 4 rings (SSSR count). The van der Waals surface area contributed by atoms with Crippen molar-refractivity contribution in [2.24, 2.45) is 0 Å². The maximum Gasteiger partial charge on any atom is 0.251 e. The molecule has 31 heavy (non-hydrogen) atoms. The summed E-state index contributed by atoms with van der Waals surface area (Å²) in [5.74, 6) is 0.519. The predicted molar refractivity (Wildman–Crippen MR) is 114 cm³/mol. The predicted octanol–water partition coefficient (Wildman–Crippen LogP) is 1.99. The topological polar surface area (TPSA) is 106 Å². The lowest BCUT2D eigenvalue weighted by Crippen LogP contribution is -2.29. The van der Waals surface area contributed by atoms with Gasteiger partial charge in [-0.15, -0.1) is 0 Å². The van der Waals surface area contributed by atoms with Crippen molar-refractivity contribution in [1.82, 2.24) is 24.4 Å². The highest BCUT2D eigenvalue weighted by Gasteiger charge is 2.30. The molecule has 2 aromatic heterocycles. The van der Waals surface area contributed by atoms with E-state index < -0.39 is 10.0 Å². The third-order valence-electron chi connectivity index (χ3n) is 5.11. The Labute approximate surface area is 180 Å². The summed E-state index contributed by atoms with van der Waals surface area (Å²) in [6.45, 7) is 1.21. The van der Waals surface area contributed by atoms with Crippen molar-refractivity contribution in [1.29, 1.82) is 0 Å². The van der Waals surface area contributed by atoms with Crippen LogP contribution in [-0.4, -0.2) is 53.6 Å². The normalized spacial score (nSPS) is 14.5. The Morgan fingerprint density at radius 3 is 2.65 bits per heavy atom. The van der Waals surface area contributed by atoms with Crippen LogP contribution in [0.1, 0.15) is 28.8 Å². The van der Waals surface area contributed by atoms with Crippen molar-refractivity contribution in [3.63, 3.8) is 0 Å². The first-order valence-corrected chi connectivity index (χ1v) is 11.3. The lowest BCUT2D eigenvalue weighted by Gasteiger charge is -2.18. The molecule has 1 N–H and O–H groups in total. The number of hydrogen-bond acceptors (Lipinski definition) is 6. The summed E-state index contributed by atoms with van der Waals surface area (Å²) in [7, 11) is -2.31. The number of rotatable bonds is 7. The molecule has 3 aromatic rings. The molecule has 10 heteroatoms. The highest BCUT2D eigenvalue weighted by atomic mass is 32.2. The lowest BCUT2D eigenvalue weighted by molar-refractivity contribution is 0.0950. The molecular weight excluding hydrogens is 418 g/mol. The molecule has 3 heterocycles. The van der Waals surface area contributed by atoms with Crippen LogP contribution in [0.15, 0.2) is 59.9 Å². The number of nitrogens with zero attached hydrogens (tertiary/aromatic N) is 4. The van der Waals surface area contributed by atoms with Crippen LogP contribution in [-0.2, 0) is 16.6 Å². The maximum atomic E-state index is 13.0. The molecule has 162 valence electrons. The molecule has 9 nitrogen and oxygen atoms in total. The number of ether oxygens (including phenoxy) is 1. The van der Waals surface area contributed by atoms with Gasteiger partial charge in [0, 0.05) is 43.8 Å². The third kappa shape index (κ3) is 4.44. The molecule has 1 saturated heterocycles. The first-order chi connectivity index (χ1) is 15.0. The molecule has 0 bridgehead atoms. The summed E-state index contributed by atoms with van der Waals surface area (Å²) in [6, 6.07) is 9.91.